The van der Waals surface area contributed by atoms with Crippen molar-refractivity contribution in [1.82, 2.24) is 4.98 Å². The fourth-order valence-electron chi connectivity index (χ4n) is 2.45. The van der Waals surface area contributed by atoms with Crippen LogP contribution < -0.4 is 9.47 Å². The summed E-state index contributed by atoms with van der Waals surface area (Å²) in [6, 6.07) is 19.4. The summed E-state index contributed by atoms with van der Waals surface area (Å²) < 4.78 is 11.0. The molecule has 0 aliphatic carbocycles. The van der Waals surface area contributed by atoms with Crippen LogP contribution in [-0.4, -0.2) is 17.2 Å². The highest BCUT2D eigenvalue weighted by atomic mass is 16.5. The molecule has 2 aromatic carbocycles. The van der Waals surface area contributed by atoms with Crippen molar-refractivity contribution in [1.29, 1.82) is 0 Å². The van der Waals surface area contributed by atoms with Gasteiger partial charge in [-0.25, -0.2) is 4.98 Å². The Hall–Kier alpha value is -2.85. The summed E-state index contributed by atoms with van der Waals surface area (Å²) in [6.45, 7) is 0.458. The zero-order chi connectivity index (χ0) is 16.8. The van der Waals surface area contributed by atoms with E-state index in [-0.39, 0.29) is 6.61 Å². The summed E-state index contributed by atoms with van der Waals surface area (Å²) in [6.07, 6.45) is 1.73. The number of ether oxygens (including phenoxy) is 2. The molecule has 1 heterocycles. The topological polar surface area (TPSA) is 51.6 Å². The van der Waals surface area contributed by atoms with Crippen molar-refractivity contribution in [2.24, 2.45) is 0 Å². The van der Waals surface area contributed by atoms with Crippen LogP contribution in [-0.2, 0) is 13.2 Å². The highest BCUT2D eigenvalue weighted by Crippen LogP contribution is 2.29. The first-order valence-corrected chi connectivity index (χ1v) is 7.71. The first-order chi connectivity index (χ1) is 11.8. The van der Waals surface area contributed by atoms with Crippen LogP contribution >= 0.6 is 0 Å². The van der Waals surface area contributed by atoms with Crippen LogP contribution in [0.3, 0.4) is 0 Å². The lowest BCUT2D eigenvalue weighted by Crippen LogP contribution is -1.97. The molecule has 0 atom stereocenters. The van der Waals surface area contributed by atoms with E-state index >= 15 is 0 Å². The molecule has 1 aromatic heterocycles. The SMILES string of the molecule is COc1ccc(-c2cc(OCc3ccccc3)ccc2CO)cn1. The van der Waals surface area contributed by atoms with Gasteiger partial charge in [-0.3, -0.25) is 0 Å². The van der Waals surface area contributed by atoms with E-state index in [1.165, 1.54) is 0 Å². The lowest BCUT2D eigenvalue weighted by molar-refractivity contribution is 0.281. The van der Waals surface area contributed by atoms with Crippen molar-refractivity contribution in [3.8, 4) is 22.8 Å². The molecule has 0 saturated heterocycles. The van der Waals surface area contributed by atoms with Gasteiger partial charge in [0.25, 0.3) is 0 Å². The fraction of sp³-hybridized carbons (Fsp3) is 0.150. The van der Waals surface area contributed by atoms with Crippen LogP contribution in [0.15, 0.2) is 66.9 Å². The van der Waals surface area contributed by atoms with Gasteiger partial charge >= 0.3 is 0 Å². The van der Waals surface area contributed by atoms with Gasteiger partial charge in [0.15, 0.2) is 0 Å². The molecule has 1 N–H and O–H groups in total. The molecule has 122 valence electrons. The van der Waals surface area contributed by atoms with Gasteiger partial charge in [0.2, 0.25) is 5.88 Å². The van der Waals surface area contributed by atoms with Crippen molar-refractivity contribution >= 4 is 0 Å². The molecule has 0 saturated carbocycles. The summed E-state index contributed by atoms with van der Waals surface area (Å²) in [5.74, 6) is 1.31. The maximum Gasteiger partial charge on any atom is 0.212 e. The lowest BCUT2D eigenvalue weighted by Gasteiger charge is -2.12. The van der Waals surface area contributed by atoms with E-state index < -0.39 is 0 Å². The molecule has 0 aliphatic rings. The summed E-state index contributed by atoms with van der Waals surface area (Å²) in [5.41, 5.74) is 3.74. The highest BCUT2D eigenvalue weighted by molar-refractivity contribution is 5.68. The number of benzene rings is 2. The van der Waals surface area contributed by atoms with Crippen molar-refractivity contribution < 1.29 is 14.6 Å². The third-order valence-electron chi connectivity index (χ3n) is 3.76. The largest absolute Gasteiger partial charge is 0.489 e. The second-order valence-electron chi connectivity index (χ2n) is 5.34. The molecule has 0 aliphatic heterocycles. The Labute approximate surface area is 141 Å². The molecule has 0 unspecified atom stereocenters. The van der Waals surface area contributed by atoms with Crippen LogP contribution in [0.1, 0.15) is 11.1 Å². The lowest BCUT2D eigenvalue weighted by atomic mass is 10.0. The van der Waals surface area contributed by atoms with Crippen LogP contribution in [0.2, 0.25) is 0 Å². The molecule has 4 heteroatoms. The van der Waals surface area contributed by atoms with Crippen molar-refractivity contribution in [3.05, 3.63) is 78.0 Å². The third-order valence-corrected chi connectivity index (χ3v) is 3.76. The zero-order valence-electron chi connectivity index (χ0n) is 13.5. The second-order valence-corrected chi connectivity index (χ2v) is 5.34. The first kappa shape index (κ1) is 16.0. The third kappa shape index (κ3) is 3.73. The number of methoxy groups -OCH3 is 1. The van der Waals surface area contributed by atoms with E-state index in [1.807, 2.05) is 54.6 Å². The van der Waals surface area contributed by atoms with Crippen LogP contribution in [0.5, 0.6) is 11.6 Å². The number of pyridine rings is 1. The number of hydrogen-bond acceptors (Lipinski definition) is 4. The Bertz CT molecular complexity index is 786. The van der Waals surface area contributed by atoms with Crippen molar-refractivity contribution in [3.63, 3.8) is 0 Å². The average molecular weight is 321 g/mol. The van der Waals surface area contributed by atoms with Crippen molar-refractivity contribution in [2.75, 3.05) is 7.11 Å². The number of rotatable bonds is 6. The maximum absolute atomic E-state index is 9.59. The molecule has 0 bridgehead atoms. The normalized spacial score (nSPS) is 10.4. The fourth-order valence-corrected chi connectivity index (χ4v) is 2.45. The number of aromatic nitrogens is 1. The molecule has 0 spiro atoms. The van der Waals surface area contributed by atoms with E-state index in [1.54, 1.807) is 19.4 Å². The predicted molar refractivity (Wildman–Crippen MR) is 92.9 cm³/mol. The molecule has 3 rings (SSSR count). The number of hydrogen-bond donors (Lipinski definition) is 1. The van der Waals surface area contributed by atoms with Crippen LogP contribution in [0.4, 0.5) is 0 Å². The van der Waals surface area contributed by atoms with Crippen LogP contribution in [0, 0.1) is 0 Å². The number of aliphatic hydroxyl groups is 1. The molecular formula is C20H19NO3. The second kappa shape index (κ2) is 7.62. The van der Waals surface area contributed by atoms with Gasteiger partial charge in [0, 0.05) is 17.8 Å². The summed E-state index contributed by atoms with van der Waals surface area (Å²) in [7, 11) is 1.58. The minimum Gasteiger partial charge on any atom is -0.489 e. The minimum atomic E-state index is -0.0413. The molecule has 0 amide bonds. The Balaban J connectivity index is 1.84. The predicted octanol–water partition coefficient (Wildman–Crippen LogP) is 3.83. The summed E-state index contributed by atoms with van der Waals surface area (Å²) >= 11 is 0. The Morgan fingerprint density at radius 1 is 1.00 bits per heavy atom. The van der Waals surface area contributed by atoms with Gasteiger partial charge in [-0.2, -0.15) is 0 Å². The molecular weight excluding hydrogens is 302 g/mol. The monoisotopic (exact) mass is 321 g/mol. The average Bonchev–Trinajstić information content (AvgIpc) is 2.67. The Kier molecular flexibility index (Phi) is 5.08. The summed E-state index contributed by atoms with van der Waals surface area (Å²) in [5, 5.41) is 9.59. The quantitative estimate of drug-likeness (QED) is 0.750. The maximum atomic E-state index is 9.59. The number of aliphatic hydroxyl groups excluding tert-OH is 1. The molecule has 4 nitrogen and oxygen atoms in total. The van der Waals surface area contributed by atoms with Crippen molar-refractivity contribution in [2.45, 2.75) is 13.2 Å². The standard InChI is InChI=1S/C20H19NO3/c1-23-20-10-8-16(12-21-20)19-11-18(9-7-17(19)13-22)24-14-15-5-3-2-4-6-15/h2-12,22H,13-14H2,1H3. The molecule has 0 radical (unpaired) electrons. The van der Waals surface area contributed by atoms with Gasteiger partial charge in [-0.05, 0) is 34.9 Å². The Morgan fingerprint density at radius 2 is 1.83 bits per heavy atom. The summed E-state index contributed by atoms with van der Waals surface area (Å²) in [4.78, 5) is 4.23. The van der Waals surface area contributed by atoms with E-state index in [0.29, 0.717) is 12.5 Å². The first-order valence-electron chi connectivity index (χ1n) is 7.71. The Morgan fingerprint density at radius 3 is 2.50 bits per heavy atom. The van der Waals surface area contributed by atoms with Gasteiger partial charge in [0.1, 0.15) is 12.4 Å². The molecule has 24 heavy (non-hydrogen) atoms. The molecule has 3 aromatic rings. The van der Waals surface area contributed by atoms with E-state index in [0.717, 1.165) is 28.0 Å². The number of nitrogens with zero attached hydrogens (tertiary/aromatic N) is 1. The smallest absolute Gasteiger partial charge is 0.212 e. The van der Waals surface area contributed by atoms with Crippen LogP contribution in [0.25, 0.3) is 11.1 Å². The van der Waals surface area contributed by atoms with E-state index in [2.05, 4.69) is 4.98 Å². The van der Waals surface area contributed by atoms with Gasteiger partial charge in [-0.1, -0.05) is 36.4 Å². The van der Waals surface area contributed by atoms with E-state index in [9.17, 15) is 5.11 Å². The molecule has 0 fully saturated rings. The minimum absolute atomic E-state index is 0.0413. The van der Waals surface area contributed by atoms with Gasteiger partial charge < -0.3 is 14.6 Å². The van der Waals surface area contributed by atoms with Gasteiger partial charge in [-0.15, -0.1) is 0 Å². The zero-order valence-corrected chi connectivity index (χ0v) is 13.5. The highest BCUT2D eigenvalue weighted by Gasteiger charge is 2.08. The van der Waals surface area contributed by atoms with E-state index in [4.69, 9.17) is 9.47 Å². The van der Waals surface area contributed by atoms with Gasteiger partial charge in [0.05, 0.1) is 13.7 Å².